The van der Waals surface area contributed by atoms with Crippen molar-refractivity contribution in [1.29, 1.82) is 0 Å². The first-order valence-electron chi connectivity index (χ1n) is 7.02. The second-order valence-electron chi connectivity index (χ2n) is 5.14. The maximum Gasteiger partial charge on any atom is 0.0373 e. The van der Waals surface area contributed by atoms with Gasteiger partial charge in [0.15, 0.2) is 0 Å². The number of nitrogens with one attached hydrogen (secondary N) is 1. The number of benzene rings is 2. The third kappa shape index (κ3) is 2.75. The van der Waals surface area contributed by atoms with Gasteiger partial charge in [-0.3, -0.25) is 0 Å². The predicted octanol–water partition coefficient (Wildman–Crippen LogP) is 4.65. The molecule has 0 bridgehead atoms. The van der Waals surface area contributed by atoms with Crippen molar-refractivity contribution in [3.63, 3.8) is 0 Å². The van der Waals surface area contributed by atoms with Gasteiger partial charge in [-0.25, -0.2) is 0 Å². The summed E-state index contributed by atoms with van der Waals surface area (Å²) in [6.07, 6.45) is 4.56. The molecule has 0 aromatic heterocycles. The van der Waals surface area contributed by atoms with Crippen molar-refractivity contribution >= 4 is 17.5 Å². The third-order valence-electron chi connectivity index (χ3n) is 3.66. The molecular weight excluding hydrogens is 262 g/mol. The molecule has 20 heavy (non-hydrogen) atoms. The van der Waals surface area contributed by atoms with Gasteiger partial charge in [-0.2, -0.15) is 0 Å². The van der Waals surface area contributed by atoms with Gasteiger partial charge in [0, 0.05) is 28.1 Å². The Morgan fingerprint density at radius 3 is 2.50 bits per heavy atom. The third-order valence-corrected chi connectivity index (χ3v) is 4.65. The van der Waals surface area contributed by atoms with Crippen LogP contribution in [0.1, 0.15) is 23.1 Å². The Kier molecular flexibility index (Phi) is 3.83. The molecule has 102 valence electrons. The Morgan fingerprint density at radius 2 is 1.75 bits per heavy atom. The molecule has 0 spiro atoms. The molecule has 1 nitrogen and oxygen atoms in total. The lowest BCUT2D eigenvalue weighted by atomic mass is 9.95. The molecule has 0 fully saturated rings. The van der Waals surface area contributed by atoms with Crippen molar-refractivity contribution in [3.8, 4) is 0 Å². The monoisotopic (exact) mass is 281 g/mol. The quantitative estimate of drug-likeness (QED) is 0.878. The number of fused-ring (bicyclic) bond motifs is 1. The fourth-order valence-electron chi connectivity index (χ4n) is 2.56. The van der Waals surface area contributed by atoms with E-state index in [1.54, 1.807) is 0 Å². The van der Waals surface area contributed by atoms with E-state index in [0.717, 1.165) is 12.8 Å². The van der Waals surface area contributed by atoms with Crippen molar-refractivity contribution in [3.05, 3.63) is 65.2 Å². The normalized spacial score (nSPS) is 13.6. The van der Waals surface area contributed by atoms with Crippen LogP contribution in [-0.2, 0) is 6.42 Å². The molecular formula is C18H19NS. The molecule has 0 amide bonds. The predicted molar refractivity (Wildman–Crippen MR) is 87.1 cm³/mol. The van der Waals surface area contributed by atoms with Crippen LogP contribution in [0.3, 0.4) is 0 Å². The van der Waals surface area contributed by atoms with Gasteiger partial charge >= 0.3 is 0 Å². The van der Waals surface area contributed by atoms with Gasteiger partial charge in [-0.1, -0.05) is 41.6 Å². The zero-order valence-electron chi connectivity index (χ0n) is 11.9. The minimum Gasteiger partial charge on any atom is -0.388 e. The summed E-state index contributed by atoms with van der Waals surface area (Å²) in [5, 5.41) is 3.29. The highest BCUT2D eigenvalue weighted by molar-refractivity contribution is 7.99. The molecule has 0 heterocycles. The van der Waals surface area contributed by atoms with Crippen molar-refractivity contribution in [2.24, 2.45) is 0 Å². The second-order valence-corrected chi connectivity index (χ2v) is 6.29. The summed E-state index contributed by atoms with van der Waals surface area (Å²) in [5.41, 5.74) is 5.38. The van der Waals surface area contributed by atoms with Gasteiger partial charge in [-0.15, -0.1) is 0 Å². The van der Waals surface area contributed by atoms with Gasteiger partial charge < -0.3 is 5.32 Å². The first kappa shape index (κ1) is 13.3. The molecule has 1 aliphatic carbocycles. The van der Waals surface area contributed by atoms with Crippen LogP contribution in [0.5, 0.6) is 0 Å². The second kappa shape index (κ2) is 5.76. The molecule has 0 aliphatic heterocycles. The maximum atomic E-state index is 3.29. The first-order valence-corrected chi connectivity index (χ1v) is 7.83. The van der Waals surface area contributed by atoms with Gasteiger partial charge in [-0.05, 0) is 49.6 Å². The van der Waals surface area contributed by atoms with E-state index in [-0.39, 0.29) is 0 Å². The number of allylic oxidation sites excluding steroid dienone is 1. The molecule has 0 saturated heterocycles. The van der Waals surface area contributed by atoms with Crippen LogP contribution in [0.2, 0.25) is 0 Å². The van der Waals surface area contributed by atoms with Crippen LogP contribution in [-0.4, -0.2) is 7.05 Å². The Balaban J connectivity index is 1.86. The lowest BCUT2D eigenvalue weighted by molar-refractivity contribution is 0.941. The average molecular weight is 281 g/mol. The van der Waals surface area contributed by atoms with E-state index in [0.29, 0.717) is 0 Å². The summed E-state index contributed by atoms with van der Waals surface area (Å²) in [6, 6.07) is 15.5. The van der Waals surface area contributed by atoms with Gasteiger partial charge in [0.1, 0.15) is 0 Å². The van der Waals surface area contributed by atoms with Crippen LogP contribution in [0.25, 0.3) is 5.70 Å². The molecule has 1 aliphatic rings. The van der Waals surface area contributed by atoms with Crippen molar-refractivity contribution in [2.45, 2.75) is 29.6 Å². The summed E-state index contributed by atoms with van der Waals surface area (Å²) >= 11 is 1.84. The van der Waals surface area contributed by atoms with Crippen molar-refractivity contribution < 1.29 is 0 Å². The highest BCUT2D eigenvalue weighted by atomic mass is 32.2. The molecule has 0 radical (unpaired) electrons. The highest BCUT2D eigenvalue weighted by Crippen LogP contribution is 2.32. The zero-order chi connectivity index (χ0) is 13.9. The van der Waals surface area contributed by atoms with E-state index in [4.69, 9.17) is 0 Å². The number of hydrogen-bond donors (Lipinski definition) is 1. The number of rotatable bonds is 3. The Labute approximate surface area is 125 Å². The number of aryl methyl sites for hydroxylation is 2. The number of hydrogen-bond acceptors (Lipinski definition) is 2. The van der Waals surface area contributed by atoms with Crippen LogP contribution in [0.15, 0.2) is 58.3 Å². The largest absolute Gasteiger partial charge is 0.388 e. The molecule has 0 unspecified atom stereocenters. The van der Waals surface area contributed by atoms with Crippen LogP contribution in [0.4, 0.5) is 0 Å². The standard InChI is InChI=1S/C18H19NS/c1-13-6-8-15(9-7-13)20-16-10-11-17-14(12-16)4-3-5-18(17)19-2/h5-12,19H,3-4H2,1-2H3. The van der Waals surface area contributed by atoms with E-state index < -0.39 is 0 Å². The average Bonchev–Trinajstić information content (AvgIpc) is 2.49. The smallest absolute Gasteiger partial charge is 0.0373 e. The van der Waals surface area contributed by atoms with E-state index in [2.05, 4.69) is 60.8 Å². The van der Waals surface area contributed by atoms with Crippen molar-refractivity contribution in [2.75, 3.05) is 7.05 Å². The van der Waals surface area contributed by atoms with E-state index in [1.807, 2.05) is 18.8 Å². The molecule has 0 atom stereocenters. The SMILES string of the molecule is CNC1=CCCc2cc(Sc3ccc(C)cc3)ccc21. The first-order chi connectivity index (χ1) is 9.76. The summed E-state index contributed by atoms with van der Waals surface area (Å²) in [4.78, 5) is 2.63. The fourth-order valence-corrected chi connectivity index (χ4v) is 3.45. The topological polar surface area (TPSA) is 12.0 Å². The lowest BCUT2D eigenvalue weighted by Gasteiger charge is -2.18. The summed E-state index contributed by atoms with van der Waals surface area (Å²) in [7, 11) is 2.00. The Hall–Kier alpha value is -1.67. The molecule has 0 saturated carbocycles. The van der Waals surface area contributed by atoms with E-state index >= 15 is 0 Å². The van der Waals surface area contributed by atoms with Crippen LogP contribution < -0.4 is 5.32 Å². The molecule has 2 aromatic rings. The molecule has 2 aromatic carbocycles. The molecule has 2 heteroatoms. The molecule has 3 rings (SSSR count). The Morgan fingerprint density at radius 1 is 1.00 bits per heavy atom. The van der Waals surface area contributed by atoms with Crippen LogP contribution >= 0.6 is 11.8 Å². The summed E-state index contributed by atoms with van der Waals surface area (Å²) in [5.74, 6) is 0. The van der Waals surface area contributed by atoms with E-state index in [9.17, 15) is 0 Å². The maximum absolute atomic E-state index is 3.29. The highest BCUT2D eigenvalue weighted by Gasteiger charge is 2.12. The van der Waals surface area contributed by atoms with Gasteiger partial charge in [0.2, 0.25) is 0 Å². The Bertz CT molecular complexity index is 641. The minimum absolute atomic E-state index is 1.13. The van der Waals surface area contributed by atoms with Crippen LogP contribution in [0, 0.1) is 6.92 Å². The van der Waals surface area contributed by atoms with E-state index in [1.165, 1.54) is 32.2 Å². The fraction of sp³-hybridized carbons (Fsp3) is 0.222. The summed E-state index contributed by atoms with van der Waals surface area (Å²) in [6.45, 7) is 2.12. The minimum atomic E-state index is 1.13. The zero-order valence-corrected chi connectivity index (χ0v) is 12.8. The van der Waals surface area contributed by atoms with Crippen molar-refractivity contribution in [1.82, 2.24) is 5.32 Å². The lowest BCUT2D eigenvalue weighted by Crippen LogP contribution is -2.10. The summed E-state index contributed by atoms with van der Waals surface area (Å²) < 4.78 is 0. The van der Waals surface area contributed by atoms with Gasteiger partial charge in [0.25, 0.3) is 0 Å². The molecule has 1 N–H and O–H groups in total. The van der Waals surface area contributed by atoms with Gasteiger partial charge in [0.05, 0.1) is 0 Å².